The lowest BCUT2D eigenvalue weighted by atomic mass is 10.1. The van der Waals surface area contributed by atoms with Crippen LogP contribution in [0.2, 0.25) is 0 Å². The maximum absolute atomic E-state index is 10.5. The van der Waals surface area contributed by atoms with Crippen molar-refractivity contribution in [1.29, 1.82) is 0 Å². The molecule has 78 valence electrons. The van der Waals surface area contributed by atoms with Gasteiger partial charge < -0.3 is 10.2 Å². The molecule has 0 bridgehead atoms. The van der Waals surface area contributed by atoms with E-state index in [1.54, 1.807) is 0 Å². The Kier molecular flexibility index (Phi) is 2.70. The number of rotatable bonds is 3. The molecule has 1 aromatic carbocycles. The standard InChI is InChI=1S/C9H7NO5/c1-5(9(12)13)6-2-3-7(10(14)15)8(11)4-6/h2-4,11H,1H2,(H,12,13). The number of benzene rings is 1. The van der Waals surface area contributed by atoms with Crippen LogP contribution in [0.5, 0.6) is 5.75 Å². The molecule has 0 aliphatic heterocycles. The van der Waals surface area contributed by atoms with Crippen molar-refractivity contribution in [2.75, 3.05) is 0 Å². The Hall–Kier alpha value is -2.37. The Bertz CT molecular complexity index is 452. The summed E-state index contributed by atoms with van der Waals surface area (Å²) in [6, 6.07) is 3.24. The van der Waals surface area contributed by atoms with Crippen LogP contribution in [0.1, 0.15) is 5.56 Å². The monoisotopic (exact) mass is 209 g/mol. The predicted molar refractivity (Wildman–Crippen MR) is 51.4 cm³/mol. The number of aliphatic carboxylic acids is 1. The number of hydrogen-bond donors (Lipinski definition) is 2. The van der Waals surface area contributed by atoms with Gasteiger partial charge in [-0.25, -0.2) is 4.79 Å². The van der Waals surface area contributed by atoms with Crippen molar-refractivity contribution in [3.63, 3.8) is 0 Å². The summed E-state index contributed by atoms with van der Waals surface area (Å²) in [5.74, 6) is -1.83. The first-order valence-corrected chi connectivity index (χ1v) is 3.83. The highest BCUT2D eigenvalue weighted by atomic mass is 16.6. The first kappa shape index (κ1) is 10.7. The van der Waals surface area contributed by atoms with Gasteiger partial charge >= 0.3 is 11.7 Å². The number of nitro benzene ring substituents is 1. The molecule has 1 aromatic rings. The molecule has 0 radical (unpaired) electrons. The van der Waals surface area contributed by atoms with E-state index in [1.165, 1.54) is 6.07 Å². The molecule has 0 saturated carbocycles. The second-order valence-electron chi connectivity index (χ2n) is 2.74. The number of phenolic OH excluding ortho intramolecular Hbond substituents is 1. The van der Waals surface area contributed by atoms with Gasteiger partial charge in [-0.05, 0) is 17.7 Å². The lowest BCUT2D eigenvalue weighted by Crippen LogP contribution is -1.98. The number of nitro groups is 1. The second-order valence-corrected chi connectivity index (χ2v) is 2.74. The summed E-state index contributed by atoms with van der Waals surface area (Å²) >= 11 is 0. The first-order valence-electron chi connectivity index (χ1n) is 3.83. The fourth-order valence-electron chi connectivity index (χ4n) is 0.989. The van der Waals surface area contributed by atoms with E-state index in [2.05, 4.69) is 6.58 Å². The summed E-state index contributed by atoms with van der Waals surface area (Å²) in [5, 5.41) is 28.2. The van der Waals surface area contributed by atoms with Crippen molar-refractivity contribution < 1.29 is 19.9 Å². The molecule has 1 rings (SSSR count). The number of carbonyl (C=O) groups is 1. The van der Waals surface area contributed by atoms with Crippen molar-refractivity contribution in [2.24, 2.45) is 0 Å². The van der Waals surface area contributed by atoms with Gasteiger partial charge in [-0.2, -0.15) is 0 Å². The van der Waals surface area contributed by atoms with Crippen LogP contribution >= 0.6 is 0 Å². The van der Waals surface area contributed by atoms with E-state index in [9.17, 15) is 20.0 Å². The van der Waals surface area contributed by atoms with Gasteiger partial charge in [0, 0.05) is 6.07 Å². The number of carboxylic acids is 1. The second kappa shape index (κ2) is 3.79. The smallest absolute Gasteiger partial charge is 0.335 e. The van der Waals surface area contributed by atoms with E-state index in [4.69, 9.17) is 5.11 Å². The third-order valence-electron chi connectivity index (χ3n) is 1.78. The van der Waals surface area contributed by atoms with Crippen LogP contribution in [0, 0.1) is 10.1 Å². The minimum Gasteiger partial charge on any atom is -0.502 e. The molecule has 0 atom stereocenters. The Morgan fingerprint density at radius 3 is 2.47 bits per heavy atom. The molecule has 0 saturated heterocycles. The highest BCUT2D eigenvalue weighted by molar-refractivity contribution is 6.14. The molecular weight excluding hydrogens is 202 g/mol. The third-order valence-corrected chi connectivity index (χ3v) is 1.78. The maximum atomic E-state index is 10.5. The molecule has 0 aliphatic carbocycles. The number of carboxylic acid groups (broad SMARTS) is 1. The van der Waals surface area contributed by atoms with E-state index in [-0.39, 0.29) is 11.1 Å². The largest absolute Gasteiger partial charge is 0.502 e. The Morgan fingerprint density at radius 2 is 2.07 bits per heavy atom. The quantitative estimate of drug-likeness (QED) is 0.445. The average Bonchev–Trinajstić information content (AvgIpc) is 2.15. The van der Waals surface area contributed by atoms with Crippen LogP contribution in [0.3, 0.4) is 0 Å². The molecule has 15 heavy (non-hydrogen) atoms. The first-order chi connectivity index (χ1) is 6.93. The fourth-order valence-corrected chi connectivity index (χ4v) is 0.989. The van der Waals surface area contributed by atoms with Gasteiger partial charge in [-0.15, -0.1) is 0 Å². The number of aromatic hydroxyl groups is 1. The van der Waals surface area contributed by atoms with Crippen molar-refractivity contribution in [1.82, 2.24) is 0 Å². The Labute approximate surface area is 84.2 Å². The summed E-state index contributed by atoms with van der Waals surface area (Å²) in [6.45, 7) is 3.26. The molecule has 0 fully saturated rings. The normalized spacial score (nSPS) is 9.60. The van der Waals surface area contributed by atoms with Crippen molar-refractivity contribution in [3.8, 4) is 5.75 Å². The van der Waals surface area contributed by atoms with E-state index in [0.29, 0.717) is 0 Å². The molecule has 0 aromatic heterocycles. The number of hydrogen-bond acceptors (Lipinski definition) is 4. The zero-order chi connectivity index (χ0) is 11.6. The minimum atomic E-state index is -1.25. The zero-order valence-corrected chi connectivity index (χ0v) is 7.51. The minimum absolute atomic E-state index is 0.130. The van der Waals surface area contributed by atoms with Gasteiger partial charge in [0.25, 0.3) is 0 Å². The van der Waals surface area contributed by atoms with E-state index in [1.807, 2.05) is 0 Å². The third kappa shape index (κ3) is 2.11. The highest BCUT2D eigenvalue weighted by Crippen LogP contribution is 2.28. The molecular formula is C9H7NO5. The molecule has 0 aliphatic rings. The van der Waals surface area contributed by atoms with Crippen LogP contribution in [0.15, 0.2) is 24.8 Å². The van der Waals surface area contributed by atoms with Crippen molar-refractivity contribution in [2.45, 2.75) is 0 Å². The van der Waals surface area contributed by atoms with Crippen LogP contribution in [-0.2, 0) is 4.79 Å². The summed E-state index contributed by atoms with van der Waals surface area (Å²) < 4.78 is 0. The average molecular weight is 209 g/mol. The van der Waals surface area contributed by atoms with E-state index >= 15 is 0 Å². The number of phenols is 1. The van der Waals surface area contributed by atoms with Gasteiger partial charge in [0.1, 0.15) is 0 Å². The van der Waals surface area contributed by atoms with Gasteiger partial charge in [0.15, 0.2) is 5.75 Å². The van der Waals surface area contributed by atoms with Crippen molar-refractivity contribution >= 4 is 17.2 Å². The SMILES string of the molecule is C=C(C(=O)O)c1ccc([N+](=O)[O-])c(O)c1. The van der Waals surface area contributed by atoms with Crippen LogP contribution in [0.4, 0.5) is 5.69 Å². The Morgan fingerprint density at radius 1 is 1.47 bits per heavy atom. The van der Waals surface area contributed by atoms with Crippen LogP contribution in [-0.4, -0.2) is 21.1 Å². The van der Waals surface area contributed by atoms with E-state index < -0.39 is 22.3 Å². The molecule has 0 unspecified atom stereocenters. The molecule has 6 heteroatoms. The van der Waals surface area contributed by atoms with Crippen LogP contribution in [0.25, 0.3) is 5.57 Å². The fraction of sp³-hybridized carbons (Fsp3) is 0. The van der Waals surface area contributed by atoms with Gasteiger partial charge in [0.05, 0.1) is 10.5 Å². The van der Waals surface area contributed by atoms with E-state index in [0.717, 1.165) is 12.1 Å². The molecule has 0 amide bonds. The lowest BCUT2D eigenvalue weighted by molar-refractivity contribution is -0.385. The van der Waals surface area contributed by atoms with Gasteiger partial charge in [-0.3, -0.25) is 10.1 Å². The Balaban J connectivity index is 3.18. The highest BCUT2D eigenvalue weighted by Gasteiger charge is 2.15. The summed E-state index contributed by atoms with van der Waals surface area (Å²) in [5.41, 5.74) is -0.581. The van der Waals surface area contributed by atoms with Crippen molar-refractivity contribution in [3.05, 3.63) is 40.5 Å². The molecule has 6 nitrogen and oxygen atoms in total. The summed E-state index contributed by atoms with van der Waals surface area (Å²) in [6.07, 6.45) is 0. The summed E-state index contributed by atoms with van der Waals surface area (Å²) in [4.78, 5) is 20.1. The maximum Gasteiger partial charge on any atom is 0.335 e. The molecule has 0 heterocycles. The topological polar surface area (TPSA) is 101 Å². The molecule has 2 N–H and O–H groups in total. The predicted octanol–water partition coefficient (Wildman–Crippen LogP) is 1.40. The zero-order valence-electron chi connectivity index (χ0n) is 7.51. The van der Waals surface area contributed by atoms with Gasteiger partial charge in [0.2, 0.25) is 0 Å². The van der Waals surface area contributed by atoms with Crippen LogP contribution < -0.4 is 0 Å². The van der Waals surface area contributed by atoms with Gasteiger partial charge in [-0.1, -0.05) is 6.58 Å². The number of nitrogens with zero attached hydrogens (tertiary/aromatic N) is 1. The molecule has 0 spiro atoms. The summed E-state index contributed by atoms with van der Waals surface area (Å²) in [7, 11) is 0. The lowest BCUT2D eigenvalue weighted by Gasteiger charge is -2.01.